The Morgan fingerprint density at radius 3 is 2.31 bits per heavy atom. The zero-order chi connectivity index (χ0) is 19.1. The molecule has 0 amide bonds. The van der Waals surface area contributed by atoms with Gasteiger partial charge in [-0.25, -0.2) is 4.98 Å². The third kappa shape index (κ3) is 4.78. The fraction of sp³-hybridized carbons (Fsp3) is 0.444. The molecular formula is C18H26N4O3S. The third-order valence-electron chi connectivity index (χ3n) is 3.81. The molecule has 1 N–H and O–H groups in total. The number of aryl methyl sites for hydroxylation is 1. The molecule has 0 bridgehead atoms. The van der Waals surface area contributed by atoms with Crippen molar-refractivity contribution in [3.05, 3.63) is 33.8 Å². The number of hydrogen-bond donors (Lipinski definition) is 1. The van der Waals surface area contributed by atoms with E-state index < -0.39 is 0 Å². The second-order valence-electron chi connectivity index (χ2n) is 5.65. The molecule has 0 spiro atoms. The van der Waals surface area contributed by atoms with Crippen LogP contribution in [0.25, 0.3) is 0 Å². The number of nitrogens with one attached hydrogen (secondary N) is 1. The molecule has 7 nitrogen and oxygen atoms in total. The number of aliphatic imine (C=N–C) groups is 1. The van der Waals surface area contributed by atoms with E-state index in [1.54, 1.807) is 39.7 Å². The lowest BCUT2D eigenvalue weighted by atomic mass is 10.2. The summed E-state index contributed by atoms with van der Waals surface area (Å²) in [5.41, 5.74) is 2.03. The van der Waals surface area contributed by atoms with Crippen molar-refractivity contribution in [3.8, 4) is 17.2 Å². The lowest BCUT2D eigenvalue weighted by molar-refractivity contribution is 0.323. The van der Waals surface area contributed by atoms with E-state index >= 15 is 0 Å². The number of nitrogens with zero attached hydrogens (tertiary/aromatic N) is 3. The first-order valence-electron chi connectivity index (χ1n) is 8.14. The summed E-state index contributed by atoms with van der Waals surface area (Å²) in [6.45, 7) is 3.27. The summed E-state index contributed by atoms with van der Waals surface area (Å²) in [4.78, 5) is 10.9. The van der Waals surface area contributed by atoms with Gasteiger partial charge in [-0.1, -0.05) is 0 Å². The topological polar surface area (TPSA) is 68.2 Å². The van der Waals surface area contributed by atoms with Gasteiger partial charge in [-0.05, 0) is 24.6 Å². The van der Waals surface area contributed by atoms with E-state index in [2.05, 4.69) is 20.7 Å². The van der Waals surface area contributed by atoms with Crippen LogP contribution < -0.4 is 19.5 Å². The molecule has 0 radical (unpaired) electrons. The van der Waals surface area contributed by atoms with Gasteiger partial charge in [0.1, 0.15) is 0 Å². The highest BCUT2D eigenvalue weighted by atomic mass is 32.1. The van der Waals surface area contributed by atoms with Crippen LogP contribution >= 0.6 is 11.3 Å². The lowest BCUT2D eigenvalue weighted by Gasteiger charge is -2.21. The molecule has 2 aromatic rings. The smallest absolute Gasteiger partial charge is 0.203 e. The summed E-state index contributed by atoms with van der Waals surface area (Å²) in [6, 6.07) is 3.84. The van der Waals surface area contributed by atoms with Gasteiger partial charge < -0.3 is 24.4 Å². The Morgan fingerprint density at radius 1 is 1.19 bits per heavy atom. The van der Waals surface area contributed by atoms with E-state index in [9.17, 15) is 0 Å². The first kappa shape index (κ1) is 19.8. The minimum atomic E-state index is 0.573. The van der Waals surface area contributed by atoms with Crippen molar-refractivity contribution >= 4 is 17.3 Å². The van der Waals surface area contributed by atoms with E-state index in [1.807, 2.05) is 31.0 Å². The molecule has 0 saturated carbocycles. The normalized spacial score (nSPS) is 11.2. The number of rotatable bonds is 7. The molecule has 0 fully saturated rings. The Bertz CT molecular complexity index is 736. The van der Waals surface area contributed by atoms with Crippen LogP contribution in [0.4, 0.5) is 0 Å². The molecule has 1 aromatic heterocycles. The lowest BCUT2D eigenvalue weighted by Crippen LogP contribution is -2.38. The predicted molar refractivity (Wildman–Crippen MR) is 105 cm³/mol. The minimum absolute atomic E-state index is 0.573. The molecule has 0 atom stereocenters. The van der Waals surface area contributed by atoms with Crippen LogP contribution in [0, 0.1) is 6.92 Å². The zero-order valence-corrected chi connectivity index (χ0v) is 16.9. The standard InChI is InChI=1S/C18H26N4O3S/c1-12-21-14(11-26-12)10-22(3)18(19-2)20-9-13-7-15(23-4)17(25-6)16(8-13)24-5/h7-8,11H,9-10H2,1-6H3,(H,19,20). The van der Waals surface area contributed by atoms with Crippen molar-refractivity contribution in [1.82, 2.24) is 15.2 Å². The van der Waals surface area contributed by atoms with E-state index in [1.165, 1.54) is 0 Å². The van der Waals surface area contributed by atoms with E-state index in [0.29, 0.717) is 30.3 Å². The Labute approximate surface area is 158 Å². The predicted octanol–water partition coefficient (Wildman–Crippen LogP) is 2.68. The third-order valence-corrected chi connectivity index (χ3v) is 4.64. The number of thiazole rings is 1. The highest BCUT2D eigenvalue weighted by Crippen LogP contribution is 2.38. The van der Waals surface area contributed by atoms with Crippen LogP contribution in [-0.4, -0.2) is 51.3 Å². The monoisotopic (exact) mass is 378 g/mol. The van der Waals surface area contributed by atoms with Gasteiger partial charge in [-0.3, -0.25) is 4.99 Å². The maximum Gasteiger partial charge on any atom is 0.203 e. The van der Waals surface area contributed by atoms with Crippen LogP contribution in [0.3, 0.4) is 0 Å². The molecule has 8 heteroatoms. The SMILES string of the molecule is CN=C(NCc1cc(OC)c(OC)c(OC)c1)N(C)Cc1csc(C)n1. The Balaban J connectivity index is 2.08. The summed E-state index contributed by atoms with van der Waals surface area (Å²) in [6.07, 6.45) is 0. The molecule has 0 aliphatic rings. The average molecular weight is 378 g/mol. The van der Waals surface area contributed by atoms with Gasteiger partial charge in [-0.2, -0.15) is 0 Å². The number of aromatic nitrogens is 1. The molecule has 142 valence electrons. The van der Waals surface area contributed by atoms with Crippen molar-refractivity contribution in [3.63, 3.8) is 0 Å². The Hall–Kier alpha value is -2.48. The van der Waals surface area contributed by atoms with Crippen molar-refractivity contribution < 1.29 is 14.2 Å². The summed E-state index contributed by atoms with van der Waals surface area (Å²) in [5, 5.41) is 6.48. The number of methoxy groups -OCH3 is 3. The van der Waals surface area contributed by atoms with Crippen LogP contribution in [-0.2, 0) is 13.1 Å². The van der Waals surface area contributed by atoms with Crippen molar-refractivity contribution in [2.45, 2.75) is 20.0 Å². The van der Waals surface area contributed by atoms with Crippen molar-refractivity contribution in [1.29, 1.82) is 0 Å². The van der Waals surface area contributed by atoms with Crippen LogP contribution in [0.15, 0.2) is 22.5 Å². The molecule has 0 aliphatic carbocycles. The molecule has 2 rings (SSSR count). The van der Waals surface area contributed by atoms with Crippen LogP contribution in [0.1, 0.15) is 16.3 Å². The van der Waals surface area contributed by atoms with Gasteiger partial charge in [-0.15, -0.1) is 11.3 Å². The molecule has 1 aromatic carbocycles. The maximum absolute atomic E-state index is 5.40. The molecule has 0 unspecified atom stereocenters. The first-order chi connectivity index (χ1) is 12.5. The number of benzene rings is 1. The molecule has 1 heterocycles. The van der Waals surface area contributed by atoms with Gasteiger partial charge >= 0.3 is 0 Å². The van der Waals surface area contributed by atoms with Gasteiger partial charge in [0.15, 0.2) is 17.5 Å². The number of ether oxygens (including phenoxy) is 3. The first-order valence-corrected chi connectivity index (χ1v) is 9.02. The molecule has 0 aliphatic heterocycles. The molecule has 0 saturated heterocycles. The fourth-order valence-corrected chi connectivity index (χ4v) is 3.21. The quantitative estimate of drug-likeness (QED) is 0.590. The second kappa shape index (κ2) is 9.28. The minimum Gasteiger partial charge on any atom is -0.493 e. The van der Waals surface area contributed by atoms with Crippen molar-refractivity contribution in [2.24, 2.45) is 4.99 Å². The van der Waals surface area contributed by atoms with Gasteiger partial charge in [0.05, 0.1) is 38.6 Å². The Kier molecular flexibility index (Phi) is 7.08. The van der Waals surface area contributed by atoms with E-state index in [0.717, 1.165) is 22.2 Å². The zero-order valence-electron chi connectivity index (χ0n) is 16.1. The summed E-state index contributed by atoms with van der Waals surface area (Å²) in [7, 11) is 8.56. The summed E-state index contributed by atoms with van der Waals surface area (Å²) < 4.78 is 16.2. The average Bonchev–Trinajstić information content (AvgIpc) is 3.05. The highest BCUT2D eigenvalue weighted by molar-refractivity contribution is 7.09. The van der Waals surface area contributed by atoms with Crippen LogP contribution in [0.5, 0.6) is 17.2 Å². The Morgan fingerprint density at radius 2 is 1.85 bits per heavy atom. The summed E-state index contributed by atoms with van der Waals surface area (Å²) in [5.74, 6) is 2.62. The molecular weight excluding hydrogens is 352 g/mol. The number of hydrogen-bond acceptors (Lipinski definition) is 6. The van der Waals surface area contributed by atoms with Crippen LogP contribution in [0.2, 0.25) is 0 Å². The van der Waals surface area contributed by atoms with E-state index in [-0.39, 0.29) is 0 Å². The maximum atomic E-state index is 5.40. The van der Waals surface area contributed by atoms with Gasteiger partial charge in [0.2, 0.25) is 5.75 Å². The fourth-order valence-electron chi connectivity index (χ4n) is 2.60. The summed E-state index contributed by atoms with van der Waals surface area (Å²) >= 11 is 1.65. The molecule has 26 heavy (non-hydrogen) atoms. The second-order valence-corrected chi connectivity index (χ2v) is 6.71. The largest absolute Gasteiger partial charge is 0.493 e. The highest BCUT2D eigenvalue weighted by Gasteiger charge is 2.14. The van der Waals surface area contributed by atoms with Gasteiger partial charge in [0.25, 0.3) is 0 Å². The van der Waals surface area contributed by atoms with Gasteiger partial charge in [0, 0.05) is 26.0 Å². The number of guanidine groups is 1. The van der Waals surface area contributed by atoms with E-state index in [4.69, 9.17) is 14.2 Å². The van der Waals surface area contributed by atoms with Crippen molar-refractivity contribution in [2.75, 3.05) is 35.4 Å².